The summed E-state index contributed by atoms with van der Waals surface area (Å²) >= 11 is 0. The molecule has 0 aliphatic rings. The third-order valence-electron chi connectivity index (χ3n) is 3.09. The normalized spacial score (nSPS) is 10.6. The van der Waals surface area contributed by atoms with Crippen molar-refractivity contribution in [2.24, 2.45) is 0 Å². The van der Waals surface area contributed by atoms with E-state index in [1.165, 1.54) is 6.33 Å². The zero-order valence-electron chi connectivity index (χ0n) is 10.7. The van der Waals surface area contributed by atoms with Gasteiger partial charge in [-0.25, -0.2) is 4.98 Å². The van der Waals surface area contributed by atoms with Crippen molar-refractivity contribution >= 4 is 16.9 Å². The molecule has 1 heterocycles. The number of hydrogen-bond acceptors (Lipinski definition) is 3. The molecule has 3 rings (SSSR count). The van der Waals surface area contributed by atoms with E-state index >= 15 is 0 Å². The molecule has 5 heteroatoms. The lowest BCUT2D eigenvalue weighted by molar-refractivity contribution is 0.0951. The molecule has 1 aromatic heterocycles. The fourth-order valence-corrected chi connectivity index (χ4v) is 2.02. The predicted octanol–water partition coefficient (Wildman–Crippen LogP) is 2.20. The zero-order valence-corrected chi connectivity index (χ0v) is 10.7. The maximum atomic E-state index is 12.1. The number of carbonyl (C=O) groups is 1. The Hall–Kier alpha value is -2.82. The van der Waals surface area contributed by atoms with E-state index in [0.29, 0.717) is 23.1 Å². The number of rotatable bonds is 3. The van der Waals surface area contributed by atoms with Crippen LogP contribution in [0, 0.1) is 0 Å². The van der Waals surface area contributed by atoms with Crippen LogP contribution >= 0.6 is 0 Å². The van der Waals surface area contributed by atoms with Crippen LogP contribution in [0.15, 0.2) is 54.9 Å². The molecular formula is C15H13N3O2. The summed E-state index contributed by atoms with van der Waals surface area (Å²) in [7, 11) is 0. The minimum absolute atomic E-state index is 0.183. The minimum atomic E-state index is -0.183. The topological polar surface area (TPSA) is 67.2 Å². The Balaban J connectivity index is 1.77. The lowest BCUT2D eigenvalue weighted by atomic mass is 10.1. The number of benzene rings is 2. The average molecular weight is 267 g/mol. The molecule has 0 saturated carbocycles. The molecule has 0 aliphatic heterocycles. The molecule has 1 amide bonds. The smallest absolute Gasteiger partial charge is 0.251 e. The second-order valence-electron chi connectivity index (χ2n) is 4.46. The molecule has 3 aromatic rings. The Morgan fingerprint density at radius 1 is 1.20 bits per heavy atom. The van der Waals surface area contributed by atoms with Crippen molar-refractivity contribution in [3.63, 3.8) is 0 Å². The van der Waals surface area contributed by atoms with Gasteiger partial charge in [-0.2, -0.15) is 4.73 Å². The summed E-state index contributed by atoms with van der Waals surface area (Å²) in [6.07, 6.45) is 1.30. The highest BCUT2D eigenvalue weighted by atomic mass is 16.5. The van der Waals surface area contributed by atoms with E-state index in [-0.39, 0.29) is 5.91 Å². The van der Waals surface area contributed by atoms with Crippen molar-refractivity contribution in [3.05, 3.63) is 66.0 Å². The van der Waals surface area contributed by atoms with Gasteiger partial charge in [0, 0.05) is 12.1 Å². The highest BCUT2D eigenvalue weighted by Crippen LogP contribution is 2.13. The summed E-state index contributed by atoms with van der Waals surface area (Å²) in [6, 6.07) is 14.7. The third-order valence-corrected chi connectivity index (χ3v) is 3.09. The molecule has 0 fully saturated rings. The molecule has 0 atom stereocenters. The van der Waals surface area contributed by atoms with Gasteiger partial charge in [-0.1, -0.05) is 30.3 Å². The van der Waals surface area contributed by atoms with Gasteiger partial charge in [-0.05, 0) is 23.8 Å². The van der Waals surface area contributed by atoms with Crippen LogP contribution in [0.25, 0.3) is 11.0 Å². The Kier molecular flexibility index (Phi) is 3.09. The third kappa shape index (κ3) is 2.33. The van der Waals surface area contributed by atoms with Gasteiger partial charge < -0.3 is 10.5 Å². The number of hydrogen-bond donors (Lipinski definition) is 2. The highest BCUT2D eigenvalue weighted by molar-refractivity contribution is 5.97. The fourth-order valence-electron chi connectivity index (χ4n) is 2.02. The molecular weight excluding hydrogens is 254 g/mol. The number of imidazole rings is 1. The Morgan fingerprint density at radius 3 is 2.80 bits per heavy atom. The van der Waals surface area contributed by atoms with E-state index in [1.54, 1.807) is 18.2 Å². The Labute approximate surface area is 115 Å². The Bertz CT molecular complexity index is 750. The van der Waals surface area contributed by atoms with Gasteiger partial charge in [-0.15, -0.1) is 0 Å². The molecule has 0 radical (unpaired) electrons. The lowest BCUT2D eigenvalue weighted by Gasteiger charge is -2.05. The molecule has 0 aliphatic carbocycles. The van der Waals surface area contributed by atoms with Crippen LogP contribution in [0.4, 0.5) is 0 Å². The second kappa shape index (κ2) is 5.05. The first-order valence-corrected chi connectivity index (χ1v) is 6.22. The number of fused-ring (bicyclic) bond motifs is 1. The summed E-state index contributed by atoms with van der Waals surface area (Å²) in [6.45, 7) is 0.468. The van der Waals surface area contributed by atoms with Gasteiger partial charge in [0.1, 0.15) is 11.8 Å². The summed E-state index contributed by atoms with van der Waals surface area (Å²) in [5, 5.41) is 12.4. The number of nitrogens with zero attached hydrogens (tertiary/aromatic N) is 2. The first kappa shape index (κ1) is 12.2. The molecule has 0 unspecified atom stereocenters. The van der Waals surface area contributed by atoms with Crippen molar-refractivity contribution < 1.29 is 10.0 Å². The summed E-state index contributed by atoms with van der Waals surface area (Å²) in [5.74, 6) is -0.183. The summed E-state index contributed by atoms with van der Waals surface area (Å²) < 4.78 is 0.906. The maximum Gasteiger partial charge on any atom is 0.251 e. The van der Waals surface area contributed by atoms with E-state index < -0.39 is 0 Å². The van der Waals surface area contributed by atoms with Crippen molar-refractivity contribution in [1.29, 1.82) is 0 Å². The van der Waals surface area contributed by atoms with Crippen LogP contribution in [0.3, 0.4) is 0 Å². The summed E-state index contributed by atoms with van der Waals surface area (Å²) in [4.78, 5) is 16.1. The van der Waals surface area contributed by atoms with E-state index in [1.807, 2.05) is 30.3 Å². The van der Waals surface area contributed by atoms with Gasteiger partial charge in [-0.3, -0.25) is 4.79 Å². The number of aromatic nitrogens is 2. The molecule has 2 aromatic carbocycles. The molecule has 0 bridgehead atoms. The van der Waals surface area contributed by atoms with Gasteiger partial charge >= 0.3 is 0 Å². The first-order chi connectivity index (χ1) is 9.74. The van der Waals surface area contributed by atoms with Crippen LogP contribution in [0.5, 0.6) is 0 Å². The van der Waals surface area contributed by atoms with Gasteiger partial charge in [0.2, 0.25) is 0 Å². The maximum absolute atomic E-state index is 12.1. The minimum Gasteiger partial charge on any atom is -0.427 e. The number of carbonyl (C=O) groups excluding carboxylic acids is 1. The van der Waals surface area contributed by atoms with E-state index in [0.717, 1.165) is 10.3 Å². The Morgan fingerprint density at radius 2 is 2.00 bits per heavy atom. The van der Waals surface area contributed by atoms with Crippen LogP contribution in [0.1, 0.15) is 15.9 Å². The average Bonchev–Trinajstić information content (AvgIpc) is 2.87. The molecule has 0 spiro atoms. The molecule has 0 saturated heterocycles. The molecule has 5 nitrogen and oxygen atoms in total. The van der Waals surface area contributed by atoms with Crippen LogP contribution in [-0.2, 0) is 6.54 Å². The SMILES string of the molecule is O=C(NCc1ccccc1)c1ccc2ncn(O)c2c1. The predicted molar refractivity (Wildman–Crippen MR) is 74.5 cm³/mol. The van der Waals surface area contributed by atoms with E-state index in [4.69, 9.17) is 0 Å². The summed E-state index contributed by atoms with van der Waals surface area (Å²) in [5.41, 5.74) is 2.68. The highest BCUT2D eigenvalue weighted by Gasteiger charge is 2.09. The lowest BCUT2D eigenvalue weighted by Crippen LogP contribution is -2.22. The van der Waals surface area contributed by atoms with Crippen molar-refractivity contribution in [2.45, 2.75) is 6.54 Å². The zero-order chi connectivity index (χ0) is 13.9. The quantitative estimate of drug-likeness (QED) is 0.715. The van der Waals surface area contributed by atoms with Gasteiger partial charge in [0.05, 0.1) is 5.52 Å². The number of nitrogens with one attached hydrogen (secondary N) is 1. The van der Waals surface area contributed by atoms with E-state index in [2.05, 4.69) is 10.3 Å². The largest absolute Gasteiger partial charge is 0.427 e. The van der Waals surface area contributed by atoms with Crippen LogP contribution in [0.2, 0.25) is 0 Å². The van der Waals surface area contributed by atoms with Gasteiger partial charge in [0.25, 0.3) is 5.91 Å². The number of amides is 1. The van der Waals surface area contributed by atoms with Crippen molar-refractivity contribution in [1.82, 2.24) is 15.0 Å². The van der Waals surface area contributed by atoms with E-state index in [9.17, 15) is 10.0 Å². The second-order valence-corrected chi connectivity index (χ2v) is 4.46. The standard InChI is InChI=1S/C15H13N3O2/c19-15(16-9-11-4-2-1-3-5-11)12-6-7-13-14(8-12)18(20)10-17-13/h1-8,10,20H,9H2,(H,16,19). The van der Waals surface area contributed by atoms with Crippen molar-refractivity contribution in [3.8, 4) is 0 Å². The molecule has 2 N–H and O–H groups in total. The van der Waals surface area contributed by atoms with Gasteiger partial charge in [0.15, 0.2) is 0 Å². The first-order valence-electron chi connectivity index (χ1n) is 6.22. The van der Waals surface area contributed by atoms with Crippen LogP contribution in [-0.4, -0.2) is 20.8 Å². The van der Waals surface area contributed by atoms with Crippen molar-refractivity contribution in [2.75, 3.05) is 0 Å². The monoisotopic (exact) mass is 267 g/mol. The van der Waals surface area contributed by atoms with Crippen LogP contribution < -0.4 is 5.32 Å². The molecule has 100 valence electrons. The molecule has 20 heavy (non-hydrogen) atoms. The fraction of sp³-hybridized carbons (Fsp3) is 0.0667.